The van der Waals surface area contributed by atoms with Crippen molar-refractivity contribution < 1.29 is 4.39 Å². The van der Waals surface area contributed by atoms with E-state index in [2.05, 4.69) is 0 Å². The lowest BCUT2D eigenvalue weighted by atomic mass is 10.2. The van der Waals surface area contributed by atoms with Gasteiger partial charge in [0.25, 0.3) is 0 Å². The Labute approximate surface area is 96.1 Å². The Morgan fingerprint density at radius 3 is 2.29 bits per heavy atom. The summed E-state index contributed by atoms with van der Waals surface area (Å²) in [5, 5.41) is 0. The number of halogens is 3. The van der Waals surface area contributed by atoms with Crippen LogP contribution in [-0.2, 0) is 6.54 Å². The van der Waals surface area contributed by atoms with Gasteiger partial charge in [0.1, 0.15) is 5.82 Å². The lowest BCUT2D eigenvalue weighted by Gasteiger charge is -2.09. The van der Waals surface area contributed by atoms with Crippen molar-refractivity contribution in [3.8, 4) is 0 Å². The van der Waals surface area contributed by atoms with Gasteiger partial charge in [-0.1, -0.05) is 6.07 Å². The summed E-state index contributed by atoms with van der Waals surface area (Å²) in [5.41, 5.74) is 6.65. The average Bonchev–Trinajstić information content (AvgIpc) is 1.96. The summed E-state index contributed by atoms with van der Waals surface area (Å²) in [5.74, 6) is -0.350. The second-order valence-electron chi connectivity index (χ2n) is 3.09. The molecule has 0 spiro atoms. The van der Waals surface area contributed by atoms with Gasteiger partial charge < -0.3 is 10.6 Å². The minimum atomic E-state index is -0.350. The zero-order valence-corrected chi connectivity index (χ0v) is 9.79. The minimum Gasteiger partial charge on any atom is -0.396 e. The van der Waals surface area contributed by atoms with Crippen LogP contribution in [0.4, 0.5) is 10.1 Å². The van der Waals surface area contributed by atoms with Crippen LogP contribution in [0.5, 0.6) is 0 Å². The number of rotatable bonds is 2. The molecule has 1 rings (SSSR count). The highest BCUT2D eigenvalue weighted by Gasteiger charge is 1.99. The molecule has 0 amide bonds. The quantitative estimate of drug-likeness (QED) is 0.805. The van der Waals surface area contributed by atoms with Crippen molar-refractivity contribution in [2.24, 2.45) is 0 Å². The standard InChI is InChI=1S/C9H13FN2.2ClH/c1-12(2)6-7-3-4-8(10)9(11)5-7;;/h3-5H,6,11H2,1-2H3;2*1H. The van der Waals surface area contributed by atoms with Crippen LogP contribution in [0.25, 0.3) is 0 Å². The lowest BCUT2D eigenvalue weighted by Crippen LogP contribution is -2.10. The number of nitrogens with two attached hydrogens (primary N) is 1. The number of anilines is 1. The monoisotopic (exact) mass is 240 g/mol. The van der Waals surface area contributed by atoms with Crippen LogP contribution in [0.15, 0.2) is 18.2 Å². The molecule has 0 saturated heterocycles. The molecule has 0 bridgehead atoms. The van der Waals surface area contributed by atoms with Gasteiger partial charge in [0.15, 0.2) is 0 Å². The molecule has 2 nitrogen and oxygen atoms in total. The topological polar surface area (TPSA) is 29.3 Å². The average molecular weight is 241 g/mol. The van der Waals surface area contributed by atoms with E-state index in [4.69, 9.17) is 5.73 Å². The molecule has 0 fully saturated rings. The molecule has 0 aliphatic carbocycles. The van der Waals surface area contributed by atoms with Gasteiger partial charge >= 0.3 is 0 Å². The first-order valence-corrected chi connectivity index (χ1v) is 3.78. The lowest BCUT2D eigenvalue weighted by molar-refractivity contribution is 0.402. The summed E-state index contributed by atoms with van der Waals surface area (Å²) in [6, 6.07) is 4.80. The molecule has 82 valence electrons. The molecule has 0 unspecified atom stereocenters. The zero-order chi connectivity index (χ0) is 9.14. The molecule has 14 heavy (non-hydrogen) atoms. The number of hydrogen-bond acceptors (Lipinski definition) is 2. The number of benzene rings is 1. The SMILES string of the molecule is CN(C)Cc1ccc(F)c(N)c1.Cl.Cl. The molecule has 1 aromatic carbocycles. The second kappa shape index (κ2) is 6.87. The molecular weight excluding hydrogens is 226 g/mol. The summed E-state index contributed by atoms with van der Waals surface area (Å²) in [7, 11) is 3.92. The second-order valence-corrected chi connectivity index (χ2v) is 3.09. The van der Waals surface area contributed by atoms with E-state index in [1.165, 1.54) is 6.07 Å². The smallest absolute Gasteiger partial charge is 0.146 e. The van der Waals surface area contributed by atoms with E-state index in [1.54, 1.807) is 12.1 Å². The Kier molecular flexibility index (Phi) is 7.82. The van der Waals surface area contributed by atoms with E-state index < -0.39 is 0 Å². The van der Waals surface area contributed by atoms with Crippen molar-refractivity contribution in [2.75, 3.05) is 19.8 Å². The zero-order valence-electron chi connectivity index (χ0n) is 8.16. The predicted octanol–water partition coefficient (Wildman–Crippen LogP) is 2.31. The number of nitrogen functional groups attached to an aromatic ring is 1. The third-order valence-corrected chi connectivity index (χ3v) is 1.56. The fraction of sp³-hybridized carbons (Fsp3) is 0.333. The van der Waals surface area contributed by atoms with E-state index in [1.807, 2.05) is 19.0 Å². The van der Waals surface area contributed by atoms with Crippen LogP contribution in [0.3, 0.4) is 0 Å². The largest absolute Gasteiger partial charge is 0.396 e. The van der Waals surface area contributed by atoms with Gasteiger partial charge in [-0.2, -0.15) is 0 Å². The minimum absolute atomic E-state index is 0. The third-order valence-electron chi connectivity index (χ3n) is 1.56. The maximum absolute atomic E-state index is 12.7. The van der Waals surface area contributed by atoms with Crippen molar-refractivity contribution in [3.63, 3.8) is 0 Å². The van der Waals surface area contributed by atoms with Crippen LogP contribution in [0.1, 0.15) is 5.56 Å². The van der Waals surface area contributed by atoms with Crippen LogP contribution >= 0.6 is 24.8 Å². The van der Waals surface area contributed by atoms with Gasteiger partial charge in [-0.25, -0.2) is 4.39 Å². The van der Waals surface area contributed by atoms with E-state index in [0.717, 1.165) is 12.1 Å². The number of nitrogens with zero attached hydrogens (tertiary/aromatic N) is 1. The predicted molar refractivity (Wildman–Crippen MR) is 62.7 cm³/mol. The number of hydrogen-bond donors (Lipinski definition) is 1. The van der Waals surface area contributed by atoms with Crippen molar-refractivity contribution in [1.82, 2.24) is 4.90 Å². The molecule has 0 saturated carbocycles. The van der Waals surface area contributed by atoms with Crippen LogP contribution in [0.2, 0.25) is 0 Å². The summed E-state index contributed by atoms with van der Waals surface area (Å²) in [6.07, 6.45) is 0. The van der Waals surface area contributed by atoms with Crippen LogP contribution < -0.4 is 5.73 Å². The normalized spacial score (nSPS) is 9.14. The summed E-state index contributed by atoms with van der Waals surface area (Å²) >= 11 is 0. The van der Waals surface area contributed by atoms with E-state index in [-0.39, 0.29) is 36.3 Å². The van der Waals surface area contributed by atoms with Crippen molar-refractivity contribution in [1.29, 1.82) is 0 Å². The highest BCUT2D eigenvalue weighted by Crippen LogP contribution is 2.12. The molecule has 5 heteroatoms. The van der Waals surface area contributed by atoms with E-state index in [9.17, 15) is 4.39 Å². The van der Waals surface area contributed by atoms with Crippen molar-refractivity contribution >= 4 is 30.5 Å². The van der Waals surface area contributed by atoms with Crippen molar-refractivity contribution in [3.05, 3.63) is 29.6 Å². The molecule has 0 aliphatic heterocycles. The Balaban J connectivity index is 0. The Morgan fingerprint density at radius 1 is 1.29 bits per heavy atom. The molecule has 1 aromatic rings. The first kappa shape index (κ1) is 15.9. The Hall–Kier alpha value is -0.510. The highest BCUT2D eigenvalue weighted by atomic mass is 35.5. The molecule has 0 aliphatic rings. The van der Waals surface area contributed by atoms with Crippen LogP contribution in [0, 0.1) is 5.82 Å². The Morgan fingerprint density at radius 2 is 1.86 bits per heavy atom. The molecule has 0 heterocycles. The van der Waals surface area contributed by atoms with Gasteiger partial charge in [-0.05, 0) is 31.8 Å². The van der Waals surface area contributed by atoms with Gasteiger partial charge in [0, 0.05) is 6.54 Å². The molecular formula is C9H15Cl2FN2. The van der Waals surface area contributed by atoms with E-state index in [0.29, 0.717) is 0 Å². The fourth-order valence-corrected chi connectivity index (χ4v) is 1.06. The summed E-state index contributed by atoms with van der Waals surface area (Å²) in [4.78, 5) is 2.01. The summed E-state index contributed by atoms with van der Waals surface area (Å²) < 4.78 is 12.7. The summed E-state index contributed by atoms with van der Waals surface area (Å²) in [6.45, 7) is 0.782. The van der Waals surface area contributed by atoms with Gasteiger partial charge in [-0.15, -0.1) is 24.8 Å². The van der Waals surface area contributed by atoms with Crippen molar-refractivity contribution in [2.45, 2.75) is 6.54 Å². The first-order chi connectivity index (χ1) is 5.59. The third kappa shape index (κ3) is 4.65. The maximum atomic E-state index is 12.7. The fourth-order valence-electron chi connectivity index (χ4n) is 1.06. The molecule has 0 aromatic heterocycles. The van der Waals surface area contributed by atoms with Crippen LogP contribution in [-0.4, -0.2) is 19.0 Å². The molecule has 0 atom stereocenters. The van der Waals surface area contributed by atoms with Gasteiger partial charge in [-0.3, -0.25) is 0 Å². The van der Waals surface area contributed by atoms with E-state index >= 15 is 0 Å². The maximum Gasteiger partial charge on any atom is 0.146 e. The molecule has 0 radical (unpaired) electrons. The molecule has 2 N–H and O–H groups in total. The highest BCUT2D eigenvalue weighted by molar-refractivity contribution is 5.85. The van der Waals surface area contributed by atoms with Gasteiger partial charge in [0.2, 0.25) is 0 Å². The first-order valence-electron chi connectivity index (χ1n) is 3.78. The Bertz CT molecular complexity index is 280. The van der Waals surface area contributed by atoms with Gasteiger partial charge in [0.05, 0.1) is 5.69 Å².